The lowest BCUT2D eigenvalue weighted by molar-refractivity contribution is -0.0854. The third-order valence-corrected chi connectivity index (χ3v) is 3.32. The molecule has 0 aliphatic rings. The highest BCUT2D eigenvalue weighted by Crippen LogP contribution is 2.28. The number of hydrogen-bond donors (Lipinski definition) is 0. The van der Waals surface area contributed by atoms with E-state index in [4.69, 9.17) is 21.1 Å². The Morgan fingerprint density at radius 2 is 1.86 bits per heavy atom. The minimum Gasteiger partial charge on any atom is -0.493 e. The fourth-order valence-electron chi connectivity index (χ4n) is 1.43. The van der Waals surface area contributed by atoms with E-state index in [2.05, 4.69) is 0 Å². The van der Waals surface area contributed by atoms with E-state index in [0.29, 0.717) is 6.61 Å². The zero-order valence-electron chi connectivity index (χ0n) is 11.9. The topological polar surface area (TPSA) is 18.5 Å². The van der Waals surface area contributed by atoms with Gasteiger partial charge in [-0.15, -0.1) is 0 Å². The summed E-state index contributed by atoms with van der Waals surface area (Å²) in [7, 11) is 0. The highest BCUT2D eigenvalue weighted by atomic mass is 35.5. The van der Waals surface area contributed by atoms with Crippen LogP contribution in [0.3, 0.4) is 0 Å². The zero-order valence-corrected chi connectivity index (χ0v) is 12.6. The van der Waals surface area contributed by atoms with E-state index in [0.717, 1.165) is 11.8 Å². The average Bonchev–Trinajstić information content (AvgIpc) is 2.44. The summed E-state index contributed by atoms with van der Waals surface area (Å²) in [6, 6.07) is 9.29. The summed E-state index contributed by atoms with van der Waals surface area (Å²) in [6.07, 6.45) is -3.94. The van der Waals surface area contributed by atoms with E-state index in [1.54, 1.807) is 6.92 Å². The molecule has 0 fully saturated rings. The van der Waals surface area contributed by atoms with Gasteiger partial charge in [-0.05, 0) is 25.1 Å². The SMILES string of the molecule is CC(COc1ccccc1)C(C)OCC=C(Cl)C(F)(F)F. The van der Waals surface area contributed by atoms with Gasteiger partial charge in [0.2, 0.25) is 0 Å². The van der Waals surface area contributed by atoms with Gasteiger partial charge >= 0.3 is 6.18 Å². The largest absolute Gasteiger partial charge is 0.493 e. The van der Waals surface area contributed by atoms with Crippen molar-refractivity contribution < 1.29 is 22.6 Å². The predicted molar refractivity (Wildman–Crippen MR) is 76.5 cm³/mol. The van der Waals surface area contributed by atoms with Crippen LogP contribution in [0.15, 0.2) is 41.4 Å². The van der Waals surface area contributed by atoms with Crippen molar-refractivity contribution in [2.24, 2.45) is 5.92 Å². The summed E-state index contributed by atoms with van der Waals surface area (Å²) in [5, 5.41) is -1.16. The molecule has 0 saturated heterocycles. The van der Waals surface area contributed by atoms with E-state index in [-0.39, 0.29) is 18.6 Å². The van der Waals surface area contributed by atoms with Gasteiger partial charge in [0.15, 0.2) is 0 Å². The lowest BCUT2D eigenvalue weighted by atomic mass is 10.1. The van der Waals surface area contributed by atoms with Gasteiger partial charge in [-0.1, -0.05) is 36.7 Å². The van der Waals surface area contributed by atoms with Gasteiger partial charge in [0, 0.05) is 5.92 Å². The maximum Gasteiger partial charge on any atom is 0.426 e. The Balaban J connectivity index is 2.33. The molecule has 0 heterocycles. The Morgan fingerprint density at radius 1 is 1.24 bits per heavy atom. The molecule has 0 saturated carbocycles. The second kappa shape index (κ2) is 8.29. The lowest BCUT2D eigenvalue weighted by Crippen LogP contribution is -2.24. The Labute approximate surface area is 127 Å². The molecule has 21 heavy (non-hydrogen) atoms. The van der Waals surface area contributed by atoms with Gasteiger partial charge in [-0.3, -0.25) is 0 Å². The highest BCUT2D eigenvalue weighted by Gasteiger charge is 2.32. The van der Waals surface area contributed by atoms with E-state index >= 15 is 0 Å². The fraction of sp³-hybridized carbons (Fsp3) is 0.467. The second-order valence-electron chi connectivity index (χ2n) is 4.69. The quantitative estimate of drug-likeness (QED) is 0.718. The first-order valence-corrected chi connectivity index (χ1v) is 6.90. The summed E-state index contributed by atoms with van der Waals surface area (Å²) >= 11 is 5.09. The Kier molecular flexibility index (Phi) is 7.05. The molecule has 0 aromatic heterocycles. The van der Waals surface area contributed by atoms with Crippen LogP contribution in [-0.2, 0) is 4.74 Å². The van der Waals surface area contributed by atoms with Gasteiger partial charge in [0.05, 0.1) is 19.3 Å². The van der Waals surface area contributed by atoms with Crippen LogP contribution in [0, 0.1) is 5.92 Å². The van der Waals surface area contributed by atoms with Crippen molar-refractivity contribution in [3.8, 4) is 5.75 Å². The van der Waals surface area contributed by atoms with Gasteiger partial charge in [0.1, 0.15) is 10.8 Å². The molecule has 118 valence electrons. The number of ether oxygens (including phenoxy) is 2. The number of benzene rings is 1. The summed E-state index contributed by atoms with van der Waals surface area (Å²) in [5.41, 5.74) is 0. The van der Waals surface area contributed by atoms with Crippen molar-refractivity contribution in [2.45, 2.75) is 26.1 Å². The number of rotatable bonds is 7. The van der Waals surface area contributed by atoms with Crippen LogP contribution in [0.1, 0.15) is 13.8 Å². The van der Waals surface area contributed by atoms with E-state index in [1.165, 1.54) is 0 Å². The van der Waals surface area contributed by atoms with Crippen molar-refractivity contribution in [2.75, 3.05) is 13.2 Å². The Morgan fingerprint density at radius 3 is 2.43 bits per heavy atom. The van der Waals surface area contributed by atoms with Crippen LogP contribution >= 0.6 is 11.6 Å². The minimum absolute atomic E-state index is 0.0308. The number of allylic oxidation sites excluding steroid dienone is 1. The molecule has 0 amide bonds. The van der Waals surface area contributed by atoms with Gasteiger partial charge in [-0.25, -0.2) is 0 Å². The van der Waals surface area contributed by atoms with Crippen LogP contribution in [0.5, 0.6) is 5.75 Å². The van der Waals surface area contributed by atoms with Crippen molar-refractivity contribution in [1.82, 2.24) is 0 Å². The first-order valence-electron chi connectivity index (χ1n) is 6.53. The molecule has 2 unspecified atom stereocenters. The van der Waals surface area contributed by atoms with Crippen LogP contribution in [0.2, 0.25) is 0 Å². The van der Waals surface area contributed by atoms with Crippen molar-refractivity contribution >= 4 is 11.6 Å². The Bertz CT molecular complexity index is 446. The normalized spacial score (nSPS) is 15.6. The van der Waals surface area contributed by atoms with Gasteiger partial charge in [0.25, 0.3) is 0 Å². The van der Waals surface area contributed by atoms with Crippen molar-refractivity contribution in [1.29, 1.82) is 0 Å². The predicted octanol–water partition coefficient (Wildman–Crippen LogP) is 4.79. The van der Waals surface area contributed by atoms with E-state index in [9.17, 15) is 13.2 Å². The summed E-state index contributed by atoms with van der Waals surface area (Å²) < 4.78 is 47.4. The molecule has 1 aromatic rings. The zero-order chi connectivity index (χ0) is 15.9. The first-order chi connectivity index (χ1) is 9.80. The smallest absolute Gasteiger partial charge is 0.426 e. The third kappa shape index (κ3) is 6.87. The second-order valence-corrected chi connectivity index (χ2v) is 5.10. The maximum absolute atomic E-state index is 12.2. The number of hydrogen-bond acceptors (Lipinski definition) is 2. The molecule has 1 aromatic carbocycles. The minimum atomic E-state index is -4.52. The Hall–Kier alpha value is -1.20. The van der Waals surface area contributed by atoms with E-state index < -0.39 is 11.2 Å². The molecule has 1 rings (SSSR count). The van der Waals surface area contributed by atoms with Crippen LogP contribution in [-0.4, -0.2) is 25.5 Å². The molecular weight excluding hydrogens is 305 g/mol. The van der Waals surface area contributed by atoms with Gasteiger partial charge in [-0.2, -0.15) is 13.2 Å². The summed E-state index contributed by atoms with van der Waals surface area (Å²) in [6.45, 7) is 3.92. The van der Waals surface area contributed by atoms with Crippen LogP contribution < -0.4 is 4.74 Å². The molecule has 0 aliphatic heterocycles. The molecule has 0 spiro atoms. The molecule has 0 radical (unpaired) electrons. The van der Waals surface area contributed by atoms with Gasteiger partial charge < -0.3 is 9.47 Å². The molecule has 6 heteroatoms. The average molecular weight is 323 g/mol. The highest BCUT2D eigenvalue weighted by molar-refractivity contribution is 6.30. The molecule has 0 aliphatic carbocycles. The van der Waals surface area contributed by atoms with Crippen LogP contribution in [0.4, 0.5) is 13.2 Å². The number of alkyl halides is 3. The van der Waals surface area contributed by atoms with E-state index in [1.807, 2.05) is 37.3 Å². The number of para-hydroxylation sites is 1. The maximum atomic E-state index is 12.2. The molecule has 2 atom stereocenters. The first kappa shape index (κ1) is 17.9. The summed E-state index contributed by atoms with van der Waals surface area (Å²) in [4.78, 5) is 0. The molecule has 0 bridgehead atoms. The van der Waals surface area contributed by atoms with Crippen molar-refractivity contribution in [3.05, 3.63) is 41.4 Å². The van der Waals surface area contributed by atoms with Crippen molar-refractivity contribution in [3.63, 3.8) is 0 Å². The monoisotopic (exact) mass is 322 g/mol. The molecular formula is C15H18ClF3O2. The standard InChI is InChI=1S/C15H18ClF3O2/c1-11(10-21-13-6-4-3-5-7-13)12(2)20-9-8-14(16)15(17,18)19/h3-8,11-12H,9-10H2,1-2H3. The van der Waals surface area contributed by atoms with Crippen LogP contribution in [0.25, 0.3) is 0 Å². The fourth-order valence-corrected chi connectivity index (χ4v) is 1.50. The third-order valence-electron chi connectivity index (χ3n) is 2.95. The lowest BCUT2D eigenvalue weighted by Gasteiger charge is -2.20. The summed E-state index contributed by atoms with van der Waals surface area (Å²) in [5.74, 6) is 0.778. The molecule has 0 N–H and O–H groups in total. The molecule has 2 nitrogen and oxygen atoms in total. The number of halogens is 4.